The van der Waals surface area contributed by atoms with E-state index >= 15 is 0 Å². The molecular formula is C14H19NO4S. The fourth-order valence-electron chi connectivity index (χ4n) is 1.66. The minimum atomic E-state index is -1.00. The average molecular weight is 297 g/mol. The molecule has 1 amide bonds. The van der Waals surface area contributed by atoms with Crippen molar-refractivity contribution in [2.75, 3.05) is 20.3 Å². The molecule has 0 aromatic carbocycles. The summed E-state index contributed by atoms with van der Waals surface area (Å²) in [5.74, 6) is -1.07. The molecule has 6 heteroatoms. The van der Waals surface area contributed by atoms with E-state index in [9.17, 15) is 9.59 Å². The van der Waals surface area contributed by atoms with Crippen molar-refractivity contribution in [1.29, 1.82) is 0 Å². The molecule has 0 radical (unpaired) electrons. The molecule has 0 atom stereocenters. The van der Waals surface area contributed by atoms with Gasteiger partial charge < -0.3 is 14.7 Å². The number of carboxylic acid groups (broad SMARTS) is 1. The van der Waals surface area contributed by atoms with Gasteiger partial charge in [-0.1, -0.05) is 0 Å². The van der Waals surface area contributed by atoms with Crippen molar-refractivity contribution in [3.05, 3.63) is 28.0 Å². The molecular weight excluding hydrogens is 278 g/mol. The van der Waals surface area contributed by atoms with Crippen LogP contribution in [0.2, 0.25) is 0 Å². The first-order valence-electron chi connectivity index (χ1n) is 6.25. The van der Waals surface area contributed by atoms with Crippen LogP contribution in [0.1, 0.15) is 29.1 Å². The van der Waals surface area contributed by atoms with E-state index in [2.05, 4.69) is 0 Å². The maximum atomic E-state index is 12.4. The van der Waals surface area contributed by atoms with E-state index in [0.717, 1.165) is 11.0 Å². The highest BCUT2D eigenvalue weighted by atomic mass is 32.1. The Balaban J connectivity index is 2.82. The second-order valence-electron chi connectivity index (χ2n) is 4.49. The van der Waals surface area contributed by atoms with Crippen molar-refractivity contribution in [3.8, 4) is 0 Å². The monoisotopic (exact) mass is 297 g/mol. The zero-order chi connectivity index (χ0) is 15.1. The molecule has 5 nitrogen and oxygen atoms in total. The van der Waals surface area contributed by atoms with E-state index in [1.807, 2.05) is 13.8 Å². The topological polar surface area (TPSA) is 66.8 Å². The maximum absolute atomic E-state index is 12.4. The number of rotatable bonds is 7. The van der Waals surface area contributed by atoms with Gasteiger partial charge in [-0.05, 0) is 26.0 Å². The summed E-state index contributed by atoms with van der Waals surface area (Å²) in [6.45, 7) is 4.92. The summed E-state index contributed by atoms with van der Waals surface area (Å²) < 4.78 is 5.01. The van der Waals surface area contributed by atoms with Crippen molar-refractivity contribution in [1.82, 2.24) is 4.90 Å². The number of hydrogen-bond donors (Lipinski definition) is 1. The van der Waals surface area contributed by atoms with Gasteiger partial charge >= 0.3 is 5.97 Å². The van der Waals surface area contributed by atoms with E-state index < -0.39 is 5.97 Å². The van der Waals surface area contributed by atoms with Crippen LogP contribution in [0.3, 0.4) is 0 Å². The second-order valence-corrected chi connectivity index (χ2v) is 5.44. The van der Waals surface area contributed by atoms with Crippen molar-refractivity contribution < 1.29 is 19.4 Å². The lowest BCUT2D eigenvalue weighted by atomic mass is 10.2. The van der Waals surface area contributed by atoms with Crippen molar-refractivity contribution in [3.63, 3.8) is 0 Å². The van der Waals surface area contributed by atoms with E-state index in [-0.39, 0.29) is 11.9 Å². The van der Waals surface area contributed by atoms with Crippen molar-refractivity contribution in [2.45, 2.75) is 19.9 Å². The number of hydrogen-bond acceptors (Lipinski definition) is 4. The van der Waals surface area contributed by atoms with Gasteiger partial charge in [-0.15, -0.1) is 11.3 Å². The Hall–Kier alpha value is -1.66. The van der Waals surface area contributed by atoms with E-state index in [4.69, 9.17) is 9.84 Å². The molecule has 1 N–H and O–H groups in total. The van der Waals surface area contributed by atoms with Crippen molar-refractivity contribution in [2.24, 2.45) is 0 Å². The Kier molecular flexibility index (Phi) is 6.41. The molecule has 0 aliphatic rings. The van der Waals surface area contributed by atoms with Gasteiger partial charge in [0.25, 0.3) is 5.91 Å². The molecule has 0 spiro atoms. The Labute approximate surface area is 122 Å². The molecule has 20 heavy (non-hydrogen) atoms. The average Bonchev–Trinajstić information content (AvgIpc) is 2.85. The van der Waals surface area contributed by atoms with E-state index in [1.54, 1.807) is 23.5 Å². The number of thiophene rings is 1. The lowest BCUT2D eigenvalue weighted by Gasteiger charge is -2.26. The van der Waals surface area contributed by atoms with Crippen LogP contribution in [0.5, 0.6) is 0 Å². The van der Waals surface area contributed by atoms with E-state index in [1.165, 1.54) is 17.4 Å². The molecule has 0 aliphatic heterocycles. The smallest absolute Gasteiger partial charge is 0.328 e. The summed E-state index contributed by atoms with van der Waals surface area (Å²) in [5.41, 5.74) is 0.574. The molecule has 1 aromatic rings. The minimum Gasteiger partial charge on any atom is -0.478 e. The SMILES string of the molecule is COCCN(C(=O)c1csc(/C=C/C(=O)O)c1)C(C)C. The number of carbonyl (C=O) groups is 2. The highest BCUT2D eigenvalue weighted by Crippen LogP contribution is 2.19. The van der Waals surface area contributed by atoms with Crippen LogP contribution >= 0.6 is 11.3 Å². The Morgan fingerprint density at radius 1 is 1.50 bits per heavy atom. The lowest BCUT2D eigenvalue weighted by Crippen LogP contribution is -2.39. The molecule has 110 valence electrons. The van der Waals surface area contributed by atoms with Crippen LogP contribution in [-0.2, 0) is 9.53 Å². The standard InChI is InChI=1S/C14H19NO4S/c1-10(2)15(6-7-19-3)14(18)11-8-12(20-9-11)4-5-13(16)17/h4-5,8-10H,6-7H2,1-3H3,(H,16,17)/b5-4+. The maximum Gasteiger partial charge on any atom is 0.328 e. The van der Waals surface area contributed by atoms with Gasteiger partial charge in [-0.3, -0.25) is 4.79 Å². The van der Waals surface area contributed by atoms with Gasteiger partial charge in [0.2, 0.25) is 0 Å². The molecule has 0 unspecified atom stereocenters. The molecule has 1 aromatic heterocycles. The summed E-state index contributed by atoms with van der Waals surface area (Å²) >= 11 is 1.34. The molecule has 0 saturated carbocycles. The number of carbonyl (C=O) groups excluding carboxylic acids is 1. The number of carboxylic acids is 1. The first-order chi connectivity index (χ1) is 9.45. The Bertz CT molecular complexity index is 493. The predicted molar refractivity (Wildman–Crippen MR) is 79.0 cm³/mol. The quantitative estimate of drug-likeness (QED) is 0.784. The Morgan fingerprint density at radius 2 is 2.20 bits per heavy atom. The summed E-state index contributed by atoms with van der Waals surface area (Å²) in [7, 11) is 1.60. The number of nitrogens with zero attached hydrogens (tertiary/aromatic N) is 1. The summed E-state index contributed by atoms with van der Waals surface area (Å²) in [5, 5.41) is 10.3. The third-order valence-electron chi connectivity index (χ3n) is 2.68. The van der Waals surface area contributed by atoms with Gasteiger partial charge in [0, 0.05) is 36.0 Å². The number of aliphatic carboxylic acids is 1. The number of ether oxygens (including phenoxy) is 1. The van der Waals surface area contributed by atoms with E-state index in [0.29, 0.717) is 18.7 Å². The minimum absolute atomic E-state index is 0.0664. The second kappa shape index (κ2) is 7.81. The van der Waals surface area contributed by atoms with Crippen LogP contribution in [0.25, 0.3) is 6.08 Å². The largest absolute Gasteiger partial charge is 0.478 e. The number of amides is 1. The summed E-state index contributed by atoms with van der Waals surface area (Å²) in [6, 6.07) is 1.78. The zero-order valence-electron chi connectivity index (χ0n) is 11.8. The third-order valence-corrected chi connectivity index (χ3v) is 3.58. The Morgan fingerprint density at radius 3 is 2.75 bits per heavy atom. The highest BCUT2D eigenvalue weighted by molar-refractivity contribution is 7.11. The highest BCUT2D eigenvalue weighted by Gasteiger charge is 2.19. The van der Waals surface area contributed by atoms with Crippen LogP contribution < -0.4 is 0 Å². The fourth-order valence-corrected chi connectivity index (χ4v) is 2.43. The summed E-state index contributed by atoms with van der Waals surface area (Å²) in [4.78, 5) is 25.3. The molecule has 0 fully saturated rings. The molecule has 1 heterocycles. The first kappa shape index (κ1) is 16.4. The van der Waals surface area contributed by atoms with Crippen LogP contribution in [0.4, 0.5) is 0 Å². The van der Waals surface area contributed by atoms with Crippen LogP contribution in [0.15, 0.2) is 17.5 Å². The van der Waals surface area contributed by atoms with Crippen molar-refractivity contribution >= 4 is 29.3 Å². The third kappa shape index (κ3) is 4.79. The molecule has 0 aliphatic carbocycles. The van der Waals surface area contributed by atoms with Crippen LogP contribution in [0, 0.1) is 0 Å². The fraction of sp³-hybridized carbons (Fsp3) is 0.429. The van der Waals surface area contributed by atoms with Gasteiger partial charge in [-0.25, -0.2) is 4.79 Å². The first-order valence-corrected chi connectivity index (χ1v) is 7.13. The van der Waals surface area contributed by atoms with Gasteiger partial charge in [0.1, 0.15) is 0 Å². The summed E-state index contributed by atoms with van der Waals surface area (Å²) in [6.07, 6.45) is 2.55. The number of methoxy groups -OCH3 is 1. The van der Waals surface area contributed by atoms with Crippen LogP contribution in [-0.4, -0.2) is 48.2 Å². The molecule has 1 rings (SSSR count). The molecule has 0 saturated heterocycles. The normalized spacial score (nSPS) is 11.2. The van der Waals surface area contributed by atoms with Gasteiger partial charge in [0.15, 0.2) is 0 Å². The van der Waals surface area contributed by atoms with Gasteiger partial charge in [0.05, 0.1) is 12.2 Å². The zero-order valence-corrected chi connectivity index (χ0v) is 12.6. The van der Waals surface area contributed by atoms with Gasteiger partial charge in [-0.2, -0.15) is 0 Å². The lowest BCUT2D eigenvalue weighted by molar-refractivity contribution is -0.131. The predicted octanol–water partition coefficient (Wildman–Crippen LogP) is 2.34. The molecule has 0 bridgehead atoms.